The highest BCUT2D eigenvalue weighted by molar-refractivity contribution is 6.33. The molecular weight excluding hydrogens is 376 g/mol. The molecule has 1 aromatic carbocycles. The minimum absolute atomic E-state index is 0. The Labute approximate surface area is 155 Å². The lowest BCUT2D eigenvalue weighted by Crippen LogP contribution is -2.51. The standard InChI is InChI=1S/C15H17ClFN3O4.ClH/c16-10-2-1-3-11(17)14(10)15(24)20-6-4-19(5-7-20)9-12(21)18-8-13(22)23;/h1-3H,4-9H2,(H,18,21)(H,22,23);1H. The summed E-state index contributed by atoms with van der Waals surface area (Å²) in [5.41, 5.74) is -0.146. The molecule has 1 fully saturated rings. The molecule has 2 amide bonds. The molecule has 1 heterocycles. The zero-order valence-corrected chi connectivity index (χ0v) is 14.8. The average Bonchev–Trinajstić information content (AvgIpc) is 2.53. The smallest absolute Gasteiger partial charge is 0.322 e. The normalized spacial score (nSPS) is 14.6. The van der Waals surface area contributed by atoms with E-state index in [0.717, 1.165) is 0 Å². The Bertz CT molecular complexity index is 631. The summed E-state index contributed by atoms with van der Waals surface area (Å²) in [7, 11) is 0. The molecule has 0 atom stereocenters. The predicted octanol–water partition coefficient (Wildman–Crippen LogP) is 0.859. The maximum Gasteiger partial charge on any atom is 0.322 e. The van der Waals surface area contributed by atoms with Crippen LogP contribution in [0.3, 0.4) is 0 Å². The summed E-state index contributed by atoms with van der Waals surface area (Å²) >= 11 is 5.90. The summed E-state index contributed by atoms with van der Waals surface area (Å²) in [4.78, 5) is 37.6. The molecule has 2 rings (SSSR count). The van der Waals surface area contributed by atoms with Crippen LogP contribution in [-0.2, 0) is 9.59 Å². The summed E-state index contributed by atoms with van der Waals surface area (Å²) < 4.78 is 13.8. The third-order valence-electron chi connectivity index (χ3n) is 3.64. The molecule has 138 valence electrons. The van der Waals surface area contributed by atoms with E-state index in [1.165, 1.54) is 23.1 Å². The van der Waals surface area contributed by atoms with Gasteiger partial charge in [-0.25, -0.2) is 4.39 Å². The number of carbonyl (C=O) groups excluding carboxylic acids is 2. The fraction of sp³-hybridized carbons (Fsp3) is 0.400. The number of rotatable bonds is 5. The van der Waals surface area contributed by atoms with Crippen molar-refractivity contribution in [2.24, 2.45) is 0 Å². The molecule has 0 aliphatic carbocycles. The van der Waals surface area contributed by atoms with Crippen molar-refractivity contribution in [1.29, 1.82) is 0 Å². The maximum absolute atomic E-state index is 13.8. The number of carboxylic acids is 1. The molecule has 0 saturated carbocycles. The van der Waals surface area contributed by atoms with E-state index in [-0.39, 0.29) is 29.5 Å². The lowest BCUT2D eigenvalue weighted by atomic mass is 10.1. The van der Waals surface area contributed by atoms with E-state index in [1.807, 2.05) is 0 Å². The Hall–Kier alpha value is -1.90. The van der Waals surface area contributed by atoms with E-state index < -0.39 is 30.1 Å². The van der Waals surface area contributed by atoms with Gasteiger partial charge >= 0.3 is 5.97 Å². The van der Waals surface area contributed by atoms with Crippen LogP contribution in [-0.4, -0.2) is 72.0 Å². The number of nitrogens with one attached hydrogen (secondary N) is 1. The molecule has 1 aliphatic heterocycles. The van der Waals surface area contributed by atoms with Crippen LogP contribution >= 0.6 is 24.0 Å². The fourth-order valence-electron chi connectivity index (χ4n) is 2.40. The van der Waals surface area contributed by atoms with Crippen molar-refractivity contribution in [3.63, 3.8) is 0 Å². The van der Waals surface area contributed by atoms with Gasteiger partial charge in [-0.3, -0.25) is 19.3 Å². The van der Waals surface area contributed by atoms with Gasteiger partial charge in [-0.05, 0) is 12.1 Å². The fourth-order valence-corrected chi connectivity index (χ4v) is 2.65. The van der Waals surface area contributed by atoms with Crippen LogP contribution in [0.15, 0.2) is 18.2 Å². The highest BCUT2D eigenvalue weighted by Crippen LogP contribution is 2.21. The second-order valence-electron chi connectivity index (χ2n) is 5.34. The summed E-state index contributed by atoms with van der Waals surface area (Å²) in [5.74, 6) is -2.65. The predicted molar refractivity (Wildman–Crippen MR) is 91.6 cm³/mol. The first-order valence-corrected chi connectivity index (χ1v) is 7.70. The van der Waals surface area contributed by atoms with Gasteiger partial charge in [0.25, 0.3) is 5.91 Å². The van der Waals surface area contributed by atoms with E-state index >= 15 is 0 Å². The summed E-state index contributed by atoms with van der Waals surface area (Å²) in [6.07, 6.45) is 0. The van der Waals surface area contributed by atoms with Gasteiger partial charge in [0.2, 0.25) is 5.91 Å². The monoisotopic (exact) mass is 393 g/mol. The number of benzene rings is 1. The van der Waals surface area contributed by atoms with Crippen molar-refractivity contribution < 1.29 is 23.9 Å². The van der Waals surface area contributed by atoms with Crippen LogP contribution < -0.4 is 5.32 Å². The van der Waals surface area contributed by atoms with Crippen LogP contribution in [0.1, 0.15) is 10.4 Å². The van der Waals surface area contributed by atoms with Gasteiger partial charge < -0.3 is 15.3 Å². The SMILES string of the molecule is Cl.O=C(O)CNC(=O)CN1CCN(C(=O)c2c(F)cccc2Cl)CC1. The molecule has 0 spiro atoms. The molecule has 1 aromatic rings. The molecule has 1 aliphatic rings. The largest absolute Gasteiger partial charge is 0.480 e. The molecule has 1 saturated heterocycles. The second-order valence-corrected chi connectivity index (χ2v) is 5.74. The van der Waals surface area contributed by atoms with Crippen molar-refractivity contribution in [3.8, 4) is 0 Å². The van der Waals surface area contributed by atoms with E-state index in [4.69, 9.17) is 16.7 Å². The van der Waals surface area contributed by atoms with Crippen LogP contribution in [0.25, 0.3) is 0 Å². The Kier molecular flexibility index (Phi) is 8.08. The Balaban J connectivity index is 0.00000312. The van der Waals surface area contributed by atoms with Gasteiger partial charge in [0.15, 0.2) is 0 Å². The van der Waals surface area contributed by atoms with E-state index in [1.54, 1.807) is 4.90 Å². The molecular formula is C15H18Cl2FN3O4. The van der Waals surface area contributed by atoms with Gasteiger partial charge in [0.1, 0.15) is 12.4 Å². The number of hydrogen-bond donors (Lipinski definition) is 2. The number of halogens is 3. The maximum atomic E-state index is 13.8. The van der Waals surface area contributed by atoms with E-state index in [2.05, 4.69) is 5.32 Å². The van der Waals surface area contributed by atoms with E-state index in [9.17, 15) is 18.8 Å². The van der Waals surface area contributed by atoms with Crippen LogP contribution in [0, 0.1) is 5.82 Å². The Morgan fingerprint density at radius 1 is 1.20 bits per heavy atom. The third kappa shape index (κ3) is 5.84. The molecule has 0 radical (unpaired) electrons. The van der Waals surface area contributed by atoms with Crippen molar-refractivity contribution >= 4 is 41.8 Å². The van der Waals surface area contributed by atoms with Crippen molar-refractivity contribution in [3.05, 3.63) is 34.6 Å². The first-order chi connectivity index (χ1) is 11.4. The van der Waals surface area contributed by atoms with Gasteiger partial charge in [-0.1, -0.05) is 17.7 Å². The molecule has 0 unspecified atom stereocenters. The van der Waals surface area contributed by atoms with Gasteiger partial charge in [-0.15, -0.1) is 12.4 Å². The molecule has 25 heavy (non-hydrogen) atoms. The zero-order valence-electron chi connectivity index (χ0n) is 13.2. The molecule has 2 N–H and O–H groups in total. The Morgan fingerprint density at radius 3 is 2.40 bits per heavy atom. The molecule has 7 nitrogen and oxygen atoms in total. The summed E-state index contributed by atoms with van der Waals surface area (Å²) in [6.45, 7) is 1.14. The quantitative estimate of drug-likeness (QED) is 0.774. The number of carbonyl (C=O) groups is 3. The number of piperazine rings is 1. The summed E-state index contributed by atoms with van der Waals surface area (Å²) in [6, 6.07) is 4.07. The lowest BCUT2D eigenvalue weighted by Gasteiger charge is -2.34. The zero-order chi connectivity index (χ0) is 17.7. The first-order valence-electron chi connectivity index (χ1n) is 7.32. The van der Waals surface area contributed by atoms with Gasteiger partial charge in [0.05, 0.1) is 17.1 Å². The number of carboxylic acid groups (broad SMARTS) is 1. The van der Waals surface area contributed by atoms with Gasteiger partial charge in [-0.2, -0.15) is 0 Å². The average molecular weight is 394 g/mol. The first kappa shape index (κ1) is 21.1. The highest BCUT2D eigenvalue weighted by Gasteiger charge is 2.26. The van der Waals surface area contributed by atoms with Crippen LogP contribution in [0.5, 0.6) is 0 Å². The van der Waals surface area contributed by atoms with Gasteiger partial charge in [0, 0.05) is 26.2 Å². The van der Waals surface area contributed by atoms with Crippen LogP contribution in [0.2, 0.25) is 5.02 Å². The third-order valence-corrected chi connectivity index (χ3v) is 3.96. The van der Waals surface area contributed by atoms with E-state index in [0.29, 0.717) is 26.2 Å². The minimum Gasteiger partial charge on any atom is -0.480 e. The highest BCUT2D eigenvalue weighted by atomic mass is 35.5. The van der Waals surface area contributed by atoms with Crippen molar-refractivity contribution in [2.75, 3.05) is 39.3 Å². The number of hydrogen-bond acceptors (Lipinski definition) is 4. The number of nitrogens with zero attached hydrogens (tertiary/aromatic N) is 2. The second kappa shape index (κ2) is 9.55. The summed E-state index contributed by atoms with van der Waals surface area (Å²) in [5, 5.41) is 10.8. The molecule has 0 aromatic heterocycles. The molecule has 0 bridgehead atoms. The minimum atomic E-state index is -1.11. The van der Waals surface area contributed by atoms with Crippen molar-refractivity contribution in [2.45, 2.75) is 0 Å². The number of amides is 2. The topological polar surface area (TPSA) is 89.9 Å². The lowest BCUT2D eigenvalue weighted by molar-refractivity contribution is -0.138. The number of aliphatic carboxylic acids is 1. The Morgan fingerprint density at radius 2 is 1.84 bits per heavy atom. The van der Waals surface area contributed by atoms with Crippen molar-refractivity contribution in [1.82, 2.24) is 15.1 Å². The molecule has 10 heteroatoms. The van der Waals surface area contributed by atoms with Crippen LogP contribution in [0.4, 0.5) is 4.39 Å².